The maximum Gasteiger partial charge on any atom is 0.338 e. The molecule has 5 atom stereocenters. The lowest BCUT2D eigenvalue weighted by atomic mass is 9.88. The molecule has 0 aromatic heterocycles. The summed E-state index contributed by atoms with van der Waals surface area (Å²) in [6.45, 7) is -0.881. The van der Waals surface area contributed by atoms with Crippen LogP contribution in [-0.4, -0.2) is 93.8 Å². The van der Waals surface area contributed by atoms with Gasteiger partial charge in [-0.25, -0.2) is 4.79 Å². The number of phenolic OH excluding ortho intramolecular Hbond substituents is 7. The topological polar surface area (TPSA) is 255 Å². The van der Waals surface area contributed by atoms with Gasteiger partial charge in [-0.3, -0.25) is 4.79 Å². The molecular formula is C26H24O14. The Hall–Kier alpha value is -4.76. The molecule has 14 nitrogen and oxygen atoms in total. The van der Waals surface area contributed by atoms with E-state index in [0.29, 0.717) is 6.07 Å². The van der Waals surface area contributed by atoms with Crippen molar-refractivity contribution in [1.29, 1.82) is 0 Å². The van der Waals surface area contributed by atoms with Crippen molar-refractivity contribution in [2.75, 3.05) is 6.61 Å². The number of phenols is 7. The van der Waals surface area contributed by atoms with Crippen LogP contribution in [0.5, 0.6) is 40.2 Å². The number of aliphatic hydroxyl groups is 3. The summed E-state index contributed by atoms with van der Waals surface area (Å²) in [6, 6.07) is 6.84. The second kappa shape index (κ2) is 10.8. The molecule has 0 bridgehead atoms. The van der Waals surface area contributed by atoms with E-state index in [2.05, 4.69) is 0 Å². The van der Waals surface area contributed by atoms with Crippen LogP contribution in [0.25, 0.3) is 0 Å². The Bertz CT molecular complexity index is 1430. The smallest absolute Gasteiger partial charge is 0.338 e. The molecule has 1 fully saturated rings. The van der Waals surface area contributed by atoms with Gasteiger partial charge in [0, 0.05) is 11.6 Å². The van der Waals surface area contributed by atoms with Crippen LogP contribution in [0.4, 0.5) is 0 Å². The van der Waals surface area contributed by atoms with Crippen LogP contribution in [0.3, 0.4) is 0 Å². The Morgan fingerprint density at radius 3 is 1.93 bits per heavy atom. The zero-order chi connectivity index (χ0) is 29.5. The number of ether oxygens (including phenoxy) is 2. The fraction of sp³-hybridized carbons (Fsp3) is 0.231. The van der Waals surface area contributed by atoms with Crippen molar-refractivity contribution < 1.29 is 70.1 Å². The molecule has 1 saturated heterocycles. The predicted molar refractivity (Wildman–Crippen MR) is 130 cm³/mol. The van der Waals surface area contributed by atoms with Crippen LogP contribution >= 0.6 is 0 Å². The number of esters is 1. The van der Waals surface area contributed by atoms with Gasteiger partial charge in [-0.15, -0.1) is 0 Å². The molecule has 3 aromatic rings. The van der Waals surface area contributed by atoms with Crippen molar-refractivity contribution in [1.82, 2.24) is 0 Å². The van der Waals surface area contributed by atoms with Gasteiger partial charge in [0.1, 0.15) is 53.0 Å². The van der Waals surface area contributed by atoms with E-state index < -0.39 is 100 Å². The molecule has 3 aromatic carbocycles. The van der Waals surface area contributed by atoms with Crippen LogP contribution in [-0.2, 0) is 9.47 Å². The molecular weight excluding hydrogens is 536 g/mol. The van der Waals surface area contributed by atoms with Gasteiger partial charge >= 0.3 is 5.97 Å². The van der Waals surface area contributed by atoms with Crippen molar-refractivity contribution in [2.45, 2.75) is 30.5 Å². The van der Waals surface area contributed by atoms with E-state index in [1.807, 2.05) is 0 Å². The molecule has 0 unspecified atom stereocenters. The van der Waals surface area contributed by atoms with E-state index in [9.17, 15) is 60.7 Å². The Labute approximate surface area is 224 Å². The van der Waals surface area contributed by atoms with Gasteiger partial charge in [0.15, 0.2) is 23.4 Å². The third-order valence-electron chi connectivity index (χ3n) is 6.35. The van der Waals surface area contributed by atoms with Gasteiger partial charge in [0.2, 0.25) is 5.78 Å². The van der Waals surface area contributed by atoms with Crippen LogP contribution in [0, 0.1) is 0 Å². The normalized spacial score (nSPS) is 22.5. The first-order valence-corrected chi connectivity index (χ1v) is 11.6. The minimum Gasteiger partial charge on any atom is -0.508 e. The Kier molecular flexibility index (Phi) is 7.61. The van der Waals surface area contributed by atoms with Crippen molar-refractivity contribution in [3.05, 3.63) is 64.7 Å². The van der Waals surface area contributed by atoms with Gasteiger partial charge in [0.25, 0.3) is 0 Å². The first kappa shape index (κ1) is 28.3. The second-order valence-corrected chi connectivity index (χ2v) is 8.92. The highest BCUT2D eigenvalue weighted by Gasteiger charge is 2.49. The highest BCUT2D eigenvalue weighted by Crippen LogP contribution is 2.47. The van der Waals surface area contributed by atoms with Crippen LogP contribution in [0.2, 0.25) is 0 Å². The molecule has 1 heterocycles. The molecule has 0 radical (unpaired) electrons. The van der Waals surface area contributed by atoms with Gasteiger partial charge in [0.05, 0.1) is 17.7 Å². The minimum atomic E-state index is -2.02. The number of ketones is 1. The number of aliphatic hydroxyl groups excluding tert-OH is 3. The summed E-state index contributed by atoms with van der Waals surface area (Å²) >= 11 is 0. The van der Waals surface area contributed by atoms with E-state index in [0.717, 1.165) is 12.1 Å². The minimum absolute atomic E-state index is 0.0942. The SMILES string of the molecule is O=C(O[C@@H]1[C@H](O)[C@H](O)[C@H](CO)O[C@H]1c1c(O)cc(O)c(C(=O)c2ccc(O)cc2)c1O)c1cc(O)c(O)c(O)c1. The monoisotopic (exact) mass is 560 g/mol. The van der Waals surface area contributed by atoms with Gasteiger partial charge in [-0.2, -0.15) is 0 Å². The lowest BCUT2D eigenvalue weighted by Crippen LogP contribution is -2.56. The first-order chi connectivity index (χ1) is 18.8. The highest BCUT2D eigenvalue weighted by molar-refractivity contribution is 6.13. The predicted octanol–water partition coefficient (Wildman–Crippen LogP) is 0.236. The van der Waals surface area contributed by atoms with Crippen molar-refractivity contribution in [3.63, 3.8) is 0 Å². The molecule has 1 aliphatic heterocycles. The second-order valence-electron chi connectivity index (χ2n) is 8.92. The van der Waals surface area contributed by atoms with Gasteiger partial charge < -0.3 is 60.5 Å². The summed E-state index contributed by atoms with van der Waals surface area (Å²) in [5.41, 5.74) is -2.02. The number of rotatable bonds is 6. The standard InChI is InChI=1S/C26H24O14/c27-8-16-21(35)23(37)25(40-26(38)10-5-14(31)20(34)15(32)6-10)24(39-16)18-13(30)7-12(29)17(22(18)36)19(33)9-1-3-11(28)4-2-9/h1-7,16,21,23-25,27-32,34-37H,8H2/t16-,21+,23+,24-,25+/m0/s1. The molecule has 212 valence electrons. The summed E-state index contributed by atoms with van der Waals surface area (Å²) in [5, 5.41) is 101. The summed E-state index contributed by atoms with van der Waals surface area (Å²) in [6.07, 6.45) is -9.25. The van der Waals surface area contributed by atoms with Crippen LogP contribution < -0.4 is 0 Å². The van der Waals surface area contributed by atoms with Crippen LogP contribution in [0.15, 0.2) is 42.5 Å². The largest absolute Gasteiger partial charge is 0.508 e. The maximum atomic E-state index is 13.1. The van der Waals surface area contributed by atoms with Crippen molar-refractivity contribution in [2.24, 2.45) is 0 Å². The third kappa shape index (κ3) is 4.99. The summed E-state index contributed by atoms with van der Waals surface area (Å²) in [5.74, 6) is -7.99. The fourth-order valence-corrected chi connectivity index (χ4v) is 4.29. The summed E-state index contributed by atoms with van der Waals surface area (Å²) in [7, 11) is 0. The van der Waals surface area contributed by atoms with E-state index in [4.69, 9.17) is 9.47 Å². The van der Waals surface area contributed by atoms with E-state index in [-0.39, 0.29) is 11.3 Å². The quantitative estimate of drug-likeness (QED) is 0.110. The summed E-state index contributed by atoms with van der Waals surface area (Å²) < 4.78 is 10.8. The molecule has 10 N–H and O–H groups in total. The Morgan fingerprint density at radius 2 is 1.35 bits per heavy atom. The number of carbonyl (C=O) groups is 2. The maximum absolute atomic E-state index is 13.1. The van der Waals surface area contributed by atoms with Gasteiger partial charge in [-0.05, 0) is 36.4 Å². The third-order valence-corrected chi connectivity index (χ3v) is 6.35. The highest BCUT2D eigenvalue weighted by atomic mass is 16.6. The number of carbonyl (C=O) groups excluding carboxylic acids is 2. The van der Waals surface area contributed by atoms with Crippen LogP contribution in [0.1, 0.15) is 37.9 Å². The molecule has 0 amide bonds. The fourth-order valence-electron chi connectivity index (χ4n) is 4.29. The zero-order valence-electron chi connectivity index (χ0n) is 20.2. The van der Waals surface area contributed by atoms with E-state index >= 15 is 0 Å². The number of aromatic hydroxyl groups is 7. The number of hydrogen-bond donors (Lipinski definition) is 10. The molecule has 0 saturated carbocycles. The van der Waals surface area contributed by atoms with Crippen molar-refractivity contribution in [3.8, 4) is 40.2 Å². The average molecular weight is 560 g/mol. The Morgan fingerprint density at radius 1 is 0.750 bits per heavy atom. The summed E-state index contributed by atoms with van der Waals surface area (Å²) in [4.78, 5) is 26.0. The molecule has 4 rings (SSSR count). The molecule has 40 heavy (non-hydrogen) atoms. The molecule has 1 aliphatic rings. The first-order valence-electron chi connectivity index (χ1n) is 11.6. The molecule has 0 spiro atoms. The van der Waals surface area contributed by atoms with Crippen molar-refractivity contribution >= 4 is 11.8 Å². The molecule has 0 aliphatic carbocycles. The Balaban J connectivity index is 1.80. The lowest BCUT2D eigenvalue weighted by molar-refractivity contribution is -0.232. The van der Waals surface area contributed by atoms with E-state index in [1.54, 1.807) is 0 Å². The molecule has 14 heteroatoms. The number of benzene rings is 3. The van der Waals surface area contributed by atoms with E-state index in [1.165, 1.54) is 24.3 Å². The van der Waals surface area contributed by atoms with Gasteiger partial charge in [-0.1, -0.05) is 0 Å². The lowest BCUT2D eigenvalue weighted by Gasteiger charge is -2.42. The zero-order valence-corrected chi connectivity index (χ0v) is 20.2. The number of hydrogen-bond acceptors (Lipinski definition) is 14. The average Bonchev–Trinajstić information content (AvgIpc) is 2.90.